The smallest absolute Gasteiger partial charge is 0.271 e. The molecule has 7 amide bonds. The summed E-state index contributed by atoms with van der Waals surface area (Å²) in [6.07, 6.45) is 0.657. The molecule has 2 aromatic heterocycles. The second kappa shape index (κ2) is 16.7. The van der Waals surface area contributed by atoms with Gasteiger partial charge in [0.1, 0.15) is 40.8 Å². The lowest BCUT2D eigenvalue weighted by molar-refractivity contribution is -0.143. The molecule has 0 unspecified atom stereocenters. The van der Waals surface area contributed by atoms with Gasteiger partial charge < -0.3 is 46.3 Å². The maximum absolute atomic E-state index is 14.1. The Hall–Kier alpha value is -6.15. The fourth-order valence-corrected chi connectivity index (χ4v) is 7.18. The molecule has 20 heteroatoms. The van der Waals surface area contributed by atoms with Gasteiger partial charge in [0.25, 0.3) is 17.7 Å². The summed E-state index contributed by atoms with van der Waals surface area (Å²) in [6.45, 7) is 4.47. The number of ether oxygens (including phenoxy) is 1. The standard InChI is InChI=1S/C36H43N9O10S/c1-7-19-29(49)40-20(8-2)33(52)44(5)14-25(46)38-17(3)32-42-23(16-56-32)30(50)41-22(12-18-13-37-21-10-9-11-24(55-6)27(18)21)31(51)43-36(4)28(48)34(53)45(35(36)54)15-26(47)39-19/h8-11,13,16-17,19,22,34,37,53H,7,12,14-15H2,1-6H3,(H,38,46)(H,39,47)(H,40,49)(H,41,50)(H,43,51)/b20-8-/t17-,19-,22+,34+,36+/m1/s1. The lowest BCUT2D eigenvalue weighted by Gasteiger charge is -2.26. The van der Waals surface area contributed by atoms with Gasteiger partial charge in [-0.15, -0.1) is 11.3 Å². The highest BCUT2D eigenvalue weighted by Crippen LogP contribution is 2.30. The molecule has 1 saturated heterocycles. The minimum Gasteiger partial charge on any atom is -0.496 e. The first-order valence-corrected chi connectivity index (χ1v) is 18.5. The fourth-order valence-electron chi connectivity index (χ4n) is 6.37. The highest BCUT2D eigenvalue weighted by Gasteiger charge is 2.57. The Kier molecular flexibility index (Phi) is 12.2. The van der Waals surface area contributed by atoms with E-state index in [2.05, 4.69) is 36.6 Å². The van der Waals surface area contributed by atoms with Crippen LogP contribution in [0, 0.1) is 0 Å². The van der Waals surface area contributed by atoms with Crippen LogP contribution in [-0.4, -0.2) is 123 Å². The van der Waals surface area contributed by atoms with Crippen LogP contribution in [0.1, 0.15) is 61.2 Å². The summed E-state index contributed by atoms with van der Waals surface area (Å²) in [5.41, 5.74) is -1.45. The van der Waals surface area contributed by atoms with Crippen LogP contribution in [0.3, 0.4) is 0 Å². The van der Waals surface area contributed by atoms with Crippen LogP contribution in [0.25, 0.3) is 10.9 Å². The lowest BCUT2D eigenvalue weighted by Crippen LogP contribution is -2.61. The van der Waals surface area contributed by atoms with Crippen LogP contribution in [0.15, 0.2) is 41.5 Å². The van der Waals surface area contributed by atoms with Gasteiger partial charge in [-0.25, -0.2) is 4.98 Å². The summed E-state index contributed by atoms with van der Waals surface area (Å²) in [4.78, 5) is 117. The van der Waals surface area contributed by atoms with Crippen molar-refractivity contribution >= 4 is 69.4 Å². The summed E-state index contributed by atoms with van der Waals surface area (Å²) in [5.74, 6) is -6.55. The Morgan fingerprint density at radius 1 is 1.02 bits per heavy atom. The number of benzene rings is 1. The first-order valence-electron chi connectivity index (χ1n) is 17.6. The first kappa shape index (κ1) is 41.0. The van der Waals surface area contributed by atoms with Gasteiger partial charge in [-0.1, -0.05) is 19.1 Å². The number of H-pyrrole nitrogens is 1. The number of rotatable bonds is 4. The third-order valence-electron chi connectivity index (χ3n) is 9.48. The number of fused-ring (bicyclic) bond motifs is 5. The van der Waals surface area contributed by atoms with Gasteiger partial charge in [0.2, 0.25) is 29.4 Å². The number of hydrogen-bond acceptors (Lipinski definition) is 12. The Morgan fingerprint density at radius 2 is 1.73 bits per heavy atom. The number of Topliss-reactive ketones (excluding diaryl/α,β-unsaturated/α-hetero) is 1. The summed E-state index contributed by atoms with van der Waals surface area (Å²) in [6, 6.07) is 1.87. The molecule has 1 fully saturated rings. The Morgan fingerprint density at radius 3 is 2.41 bits per heavy atom. The summed E-state index contributed by atoms with van der Waals surface area (Å²) < 4.78 is 5.52. The molecule has 0 aliphatic carbocycles. The maximum atomic E-state index is 14.1. The van der Waals surface area contributed by atoms with Crippen molar-refractivity contribution in [2.45, 2.75) is 70.4 Å². The molecule has 3 aromatic rings. The monoisotopic (exact) mass is 793 g/mol. The van der Waals surface area contributed by atoms with Crippen molar-refractivity contribution in [2.75, 3.05) is 27.2 Å². The number of carbonyl (C=O) groups is 8. The first-order chi connectivity index (χ1) is 26.5. The molecular formula is C36H43N9O10S. The lowest BCUT2D eigenvalue weighted by atomic mass is 9.96. The average molecular weight is 794 g/mol. The largest absolute Gasteiger partial charge is 0.496 e. The van der Waals surface area contributed by atoms with Gasteiger partial charge in [0, 0.05) is 35.9 Å². The van der Waals surface area contributed by atoms with E-state index < -0.39 is 90.1 Å². The minimum absolute atomic E-state index is 0.0377. The van der Waals surface area contributed by atoms with E-state index in [4.69, 9.17) is 4.74 Å². The van der Waals surface area contributed by atoms with Crippen molar-refractivity contribution in [3.8, 4) is 5.75 Å². The zero-order chi connectivity index (χ0) is 41.1. The van der Waals surface area contributed by atoms with Gasteiger partial charge in [-0.2, -0.15) is 0 Å². The van der Waals surface area contributed by atoms with Crippen LogP contribution < -0.4 is 31.3 Å². The second-order valence-electron chi connectivity index (χ2n) is 13.5. The van der Waals surface area contributed by atoms with Crippen molar-refractivity contribution in [3.63, 3.8) is 0 Å². The fraction of sp³-hybridized carbons (Fsp3) is 0.417. The quantitative estimate of drug-likeness (QED) is 0.126. The number of ketones is 1. The van der Waals surface area contributed by atoms with Crippen molar-refractivity contribution in [2.24, 2.45) is 0 Å². The number of allylic oxidation sites excluding steroid dienone is 1. The zero-order valence-electron chi connectivity index (χ0n) is 31.5. The van der Waals surface area contributed by atoms with Crippen molar-refractivity contribution in [3.05, 3.63) is 57.8 Å². The number of aliphatic hydroxyl groups is 1. The predicted octanol–water partition coefficient (Wildman–Crippen LogP) is -0.857. The molecule has 2 aliphatic rings. The number of nitrogens with one attached hydrogen (secondary N) is 6. The number of hydrogen-bond donors (Lipinski definition) is 7. The number of carbonyl (C=O) groups excluding carboxylic acids is 8. The molecule has 5 atom stereocenters. The third kappa shape index (κ3) is 8.25. The average Bonchev–Trinajstić information content (AvgIpc) is 3.87. The Bertz CT molecular complexity index is 2130. The van der Waals surface area contributed by atoms with E-state index >= 15 is 0 Å². The van der Waals surface area contributed by atoms with Gasteiger partial charge in [-0.3, -0.25) is 43.3 Å². The number of thiazole rings is 1. The minimum atomic E-state index is -2.37. The van der Waals surface area contributed by atoms with Crippen molar-refractivity contribution in [1.29, 1.82) is 0 Å². The molecule has 0 saturated carbocycles. The molecule has 5 rings (SSSR count). The van der Waals surface area contributed by atoms with Gasteiger partial charge >= 0.3 is 0 Å². The van der Waals surface area contributed by atoms with Crippen LogP contribution in [0.2, 0.25) is 0 Å². The molecule has 4 bridgehead atoms. The van der Waals surface area contributed by atoms with E-state index in [1.807, 2.05) is 0 Å². The normalized spacial score (nSPS) is 25.7. The number of likely N-dealkylation sites (N-methyl/N-ethyl adjacent to an activating group) is 1. The van der Waals surface area contributed by atoms with Gasteiger partial charge in [-0.05, 0) is 44.9 Å². The molecule has 56 heavy (non-hydrogen) atoms. The van der Waals surface area contributed by atoms with Crippen LogP contribution >= 0.6 is 11.3 Å². The predicted molar refractivity (Wildman–Crippen MR) is 200 cm³/mol. The Labute approximate surface area is 324 Å². The molecule has 4 heterocycles. The highest BCUT2D eigenvalue weighted by molar-refractivity contribution is 7.09. The number of nitrogens with zero attached hydrogens (tertiary/aromatic N) is 3. The number of aromatic amines is 1. The van der Waals surface area contributed by atoms with E-state index in [0.717, 1.165) is 23.2 Å². The van der Waals surface area contributed by atoms with Crippen molar-refractivity contribution in [1.82, 2.24) is 46.4 Å². The van der Waals surface area contributed by atoms with Gasteiger partial charge in [0.05, 0.1) is 19.7 Å². The molecular weight excluding hydrogens is 751 g/mol. The van der Waals surface area contributed by atoms with Crippen LogP contribution in [0.4, 0.5) is 0 Å². The van der Waals surface area contributed by atoms with E-state index in [-0.39, 0.29) is 24.2 Å². The molecule has 0 spiro atoms. The summed E-state index contributed by atoms with van der Waals surface area (Å²) in [7, 11) is 2.82. The number of aromatic nitrogens is 2. The summed E-state index contributed by atoms with van der Waals surface area (Å²) >= 11 is 1.05. The van der Waals surface area contributed by atoms with E-state index in [0.29, 0.717) is 32.1 Å². The van der Waals surface area contributed by atoms with E-state index in [9.17, 15) is 43.5 Å². The number of amides is 7. The second-order valence-corrected chi connectivity index (χ2v) is 14.3. The van der Waals surface area contributed by atoms with E-state index in [1.165, 1.54) is 32.5 Å². The third-order valence-corrected chi connectivity index (χ3v) is 10.5. The zero-order valence-corrected chi connectivity index (χ0v) is 32.3. The molecule has 2 aliphatic heterocycles. The van der Waals surface area contributed by atoms with Crippen molar-refractivity contribution < 1.29 is 48.2 Å². The molecule has 1 aromatic carbocycles. The SMILES string of the molecule is C/C=C1\NC(=O)[C@@H](CC)NC(=O)CN2C(=O)[C@@](C)(NC(=O)[C@H](Cc3c[nH]c4cccc(OC)c34)NC(=O)c3csc(n3)[C@@H](C)NC(=O)CN(C)C1=O)C(=O)[C@@H]2O. The molecule has 7 N–H and O–H groups in total. The van der Waals surface area contributed by atoms with Crippen LogP contribution in [-0.2, 0) is 40.0 Å². The molecule has 298 valence electrons. The van der Waals surface area contributed by atoms with Gasteiger partial charge in [0.15, 0.2) is 11.8 Å². The number of methoxy groups -OCH3 is 1. The Balaban J connectivity index is 1.51. The molecule has 0 radical (unpaired) electrons. The topological polar surface area (TPSA) is 261 Å². The van der Waals surface area contributed by atoms with Crippen LogP contribution in [0.5, 0.6) is 5.75 Å². The van der Waals surface area contributed by atoms with E-state index in [1.54, 1.807) is 38.2 Å². The maximum Gasteiger partial charge on any atom is 0.271 e. The number of aliphatic hydroxyl groups excluding tert-OH is 1. The highest BCUT2D eigenvalue weighted by atomic mass is 32.1. The molecule has 19 nitrogen and oxygen atoms in total. The summed E-state index contributed by atoms with van der Waals surface area (Å²) in [5, 5.41) is 25.9.